The number of aromatic nitrogens is 2. The lowest BCUT2D eigenvalue weighted by atomic mass is 9.86. The minimum atomic E-state index is 0.277. The van der Waals surface area contributed by atoms with Gasteiger partial charge in [-0.1, -0.05) is 27.7 Å². The average Bonchev–Trinajstić information content (AvgIpc) is 2.62. The Morgan fingerprint density at radius 3 is 2.56 bits per heavy atom. The summed E-state index contributed by atoms with van der Waals surface area (Å²) in [5, 5.41) is 7.79. The Morgan fingerprint density at radius 2 is 2.11 bits per heavy atom. The molecule has 104 valence electrons. The SMILES string of the molecule is CCNC(CN(C)Cc1cnn(C)c1)C(C)(C)C. The maximum Gasteiger partial charge on any atom is 0.0534 e. The second kappa shape index (κ2) is 6.34. The third-order valence-electron chi connectivity index (χ3n) is 3.20. The smallest absolute Gasteiger partial charge is 0.0534 e. The zero-order valence-electron chi connectivity index (χ0n) is 12.7. The molecule has 1 rings (SSSR count). The third-order valence-corrected chi connectivity index (χ3v) is 3.20. The Labute approximate surface area is 111 Å². The summed E-state index contributed by atoms with van der Waals surface area (Å²) in [5.74, 6) is 0. The first kappa shape index (κ1) is 15.2. The van der Waals surface area contributed by atoms with Crippen LogP contribution >= 0.6 is 0 Å². The molecule has 4 nitrogen and oxygen atoms in total. The van der Waals surface area contributed by atoms with E-state index < -0.39 is 0 Å². The van der Waals surface area contributed by atoms with Gasteiger partial charge in [0.15, 0.2) is 0 Å². The molecule has 0 aromatic carbocycles. The van der Waals surface area contributed by atoms with Crippen molar-refractivity contribution in [2.75, 3.05) is 20.1 Å². The lowest BCUT2D eigenvalue weighted by Gasteiger charge is -2.34. The molecule has 1 unspecified atom stereocenters. The van der Waals surface area contributed by atoms with Gasteiger partial charge in [0, 0.05) is 37.9 Å². The molecule has 0 radical (unpaired) electrons. The minimum Gasteiger partial charge on any atom is -0.312 e. The van der Waals surface area contributed by atoms with Gasteiger partial charge in [-0.15, -0.1) is 0 Å². The lowest BCUT2D eigenvalue weighted by molar-refractivity contribution is 0.192. The molecule has 0 saturated heterocycles. The predicted molar refractivity (Wildman–Crippen MR) is 76.5 cm³/mol. The molecule has 0 fully saturated rings. The Balaban J connectivity index is 2.53. The van der Waals surface area contributed by atoms with E-state index in [1.54, 1.807) is 0 Å². The zero-order valence-corrected chi connectivity index (χ0v) is 12.7. The topological polar surface area (TPSA) is 33.1 Å². The van der Waals surface area contributed by atoms with Crippen LogP contribution in [0.1, 0.15) is 33.3 Å². The van der Waals surface area contributed by atoms with Crippen LogP contribution in [0, 0.1) is 5.41 Å². The first-order valence-electron chi connectivity index (χ1n) is 6.72. The van der Waals surface area contributed by atoms with Gasteiger partial charge in [0.1, 0.15) is 0 Å². The molecule has 1 N–H and O–H groups in total. The van der Waals surface area contributed by atoms with Crippen LogP contribution < -0.4 is 5.32 Å². The van der Waals surface area contributed by atoms with Gasteiger partial charge in [-0.2, -0.15) is 5.10 Å². The molecule has 0 bridgehead atoms. The van der Waals surface area contributed by atoms with E-state index in [9.17, 15) is 0 Å². The molecule has 1 heterocycles. The molecule has 0 amide bonds. The van der Waals surface area contributed by atoms with Crippen molar-refractivity contribution in [1.82, 2.24) is 20.0 Å². The molecule has 1 atom stereocenters. The van der Waals surface area contributed by atoms with Gasteiger partial charge in [-0.3, -0.25) is 4.68 Å². The minimum absolute atomic E-state index is 0.277. The summed E-state index contributed by atoms with van der Waals surface area (Å²) in [6.07, 6.45) is 4.02. The van der Waals surface area contributed by atoms with Crippen molar-refractivity contribution in [1.29, 1.82) is 0 Å². The molecular weight excluding hydrogens is 224 g/mol. The maximum absolute atomic E-state index is 4.21. The van der Waals surface area contributed by atoms with E-state index in [0.29, 0.717) is 6.04 Å². The van der Waals surface area contributed by atoms with Crippen molar-refractivity contribution >= 4 is 0 Å². The highest BCUT2D eigenvalue weighted by molar-refractivity contribution is 5.03. The van der Waals surface area contributed by atoms with Crippen LogP contribution in [0.4, 0.5) is 0 Å². The van der Waals surface area contributed by atoms with E-state index in [0.717, 1.165) is 19.6 Å². The van der Waals surface area contributed by atoms with Crippen molar-refractivity contribution < 1.29 is 0 Å². The Bertz CT molecular complexity index is 351. The molecule has 0 aliphatic rings. The van der Waals surface area contributed by atoms with Crippen LogP contribution in [0.2, 0.25) is 0 Å². The maximum atomic E-state index is 4.21. The number of rotatable bonds is 6. The molecule has 1 aromatic heterocycles. The third kappa shape index (κ3) is 4.78. The molecule has 0 saturated carbocycles. The van der Waals surface area contributed by atoms with Gasteiger partial charge in [0.2, 0.25) is 0 Å². The van der Waals surface area contributed by atoms with E-state index in [1.165, 1.54) is 5.56 Å². The van der Waals surface area contributed by atoms with Crippen molar-refractivity contribution in [3.63, 3.8) is 0 Å². The molecule has 18 heavy (non-hydrogen) atoms. The van der Waals surface area contributed by atoms with Crippen molar-refractivity contribution in [2.24, 2.45) is 12.5 Å². The van der Waals surface area contributed by atoms with Crippen LogP contribution in [0.25, 0.3) is 0 Å². The fraction of sp³-hybridized carbons (Fsp3) is 0.786. The molecule has 4 heteroatoms. The monoisotopic (exact) mass is 252 g/mol. The van der Waals surface area contributed by atoms with Crippen molar-refractivity contribution in [3.8, 4) is 0 Å². The first-order valence-corrected chi connectivity index (χ1v) is 6.72. The van der Waals surface area contributed by atoms with Crippen LogP contribution in [0.3, 0.4) is 0 Å². The largest absolute Gasteiger partial charge is 0.312 e. The molecular formula is C14H28N4. The first-order chi connectivity index (χ1) is 8.32. The summed E-state index contributed by atoms with van der Waals surface area (Å²) in [6.45, 7) is 12.1. The molecule has 1 aromatic rings. The van der Waals surface area contributed by atoms with Crippen molar-refractivity contribution in [2.45, 2.75) is 40.3 Å². The van der Waals surface area contributed by atoms with Gasteiger partial charge < -0.3 is 10.2 Å². The van der Waals surface area contributed by atoms with Gasteiger partial charge in [-0.25, -0.2) is 0 Å². The highest BCUT2D eigenvalue weighted by Gasteiger charge is 2.24. The van der Waals surface area contributed by atoms with Crippen LogP contribution in [0.15, 0.2) is 12.4 Å². The highest BCUT2D eigenvalue weighted by Crippen LogP contribution is 2.20. The zero-order chi connectivity index (χ0) is 13.8. The van der Waals surface area contributed by atoms with E-state index in [-0.39, 0.29) is 5.41 Å². The fourth-order valence-electron chi connectivity index (χ4n) is 2.13. The highest BCUT2D eigenvalue weighted by atomic mass is 15.2. The number of nitrogens with one attached hydrogen (secondary N) is 1. The van der Waals surface area contributed by atoms with E-state index in [1.807, 2.05) is 17.9 Å². The predicted octanol–water partition coefficient (Wildman–Crippen LogP) is 1.88. The fourth-order valence-corrected chi connectivity index (χ4v) is 2.13. The standard InChI is InChI=1S/C14H28N4/c1-7-15-13(14(2,3)4)11-17(5)9-12-8-16-18(6)10-12/h8,10,13,15H,7,9,11H2,1-6H3. The summed E-state index contributed by atoms with van der Waals surface area (Å²) in [5.41, 5.74) is 1.54. The number of hydrogen-bond donors (Lipinski definition) is 1. The molecule has 0 aliphatic carbocycles. The van der Waals surface area contributed by atoms with E-state index >= 15 is 0 Å². The summed E-state index contributed by atoms with van der Waals surface area (Å²) in [4.78, 5) is 2.36. The molecule has 0 aliphatic heterocycles. The summed E-state index contributed by atoms with van der Waals surface area (Å²) in [6, 6.07) is 0.504. The Kier molecular flexibility index (Phi) is 5.35. The van der Waals surface area contributed by atoms with Gasteiger partial charge >= 0.3 is 0 Å². The molecule has 0 spiro atoms. The van der Waals surface area contributed by atoms with Gasteiger partial charge in [-0.05, 0) is 19.0 Å². The number of hydrogen-bond acceptors (Lipinski definition) is 3. The Morgan fingerprint density at radius 1 is 1.44 bits per heavy atom. The van der Waals surface area contributed by atoms with Crippen LogP contribution in [0.5, 0.6) is 0 Å². The van der Waals surface area contributed by atoms with Crippen LogP contribution in [-0.2, 0) is 13.6 Å². The van der Waals surface area contributed by atoms with E-state index in [4.69, 9.17) is 0 Å². The summed E-state index contributed by atoms with van der Waals surface area (Å²) >= 11 is 0. The average molecular weight is 252 g/mol. The van der Waals surface area contributed by atoms with Gasteiger partial charge in [0.25, 0.3) is 0 Å². The normalized spacial score (nSPS) is 14.2. The number of likely N-dealkylation sites (N-methyl/N-ethyl adjacent to an activating group) is 2. The Hall–Kier alpha value is -0.870. The number of aryl methyl sites for hydroxylation is 1. The second-order valence-electron chi connectivity index (χ2n) is 6.20. The quantitative estimate of drug-likeness (QED) is 0.839. The van der Waals surface area contributed by atoms with Crippen LogP contribution in [-0.4, -0.2) is 40.9 Å². The number of nitrogens with zero attached hydrogens (tertiary/aromatic N) is 3. The second-order valence-corrected chi connectivity index (χ2v) is 6.20. The summed E-state index contributed by atoms with van der Waals surface area (Å²) < 4.78 is 1.86. The van der Waals surface area contributed by atoms with Crippen molar-refractivity contribution in [3.05, 3.63) is 18.0 Å². The lowest BCUT2D eigenvalue weighted by Crippen LogP contribution is -2.47. The summed E-state index contributed by atoms with van der Waals surface area (Å²) in [7, 11) is 4.13. The van der Waals surface area contributed by atoms with Gasteiger partial charge in [0.05, 0.1) is 6.20 Å². The van der Waals surface area contributed by atoms with E-state index in [2.05, 4.69) is 56.3 Å².